The Bertz CT molecular complexity index is 384. The number of carbonyl (C=O) groups excluding carboxylic acids is 1. The molecule has 2 amide bonds. The average Bonchev–Trinajstić information content (AvgIpc) is 2.74. The minimum atomic E-state index is -0.697. The molecule has 1 aliphatic heterocycles. The van der Waals surface area contributed by atoms with Crippen LogP contribution in [0.4, 0.5) is 4.79 Å². The van der Waals surface area contributed by atoms with E-state index in [9.17, 15) is 9.59 Å². The van der Waals surface area contributed by atoms with Crippen LogP contribution >= 0.6 is 11.8 Å². The highest BCUT2D eigenvalue weighted by Gasteiger charge is 2.28. The van der Waals surface area contributed by atoms with Crippen molar-refractivity contribution in [3.05, 3.63) is 0 Å². The number of aliphatic carboxylic acids is 1. The molecule has 2 aliphatic rings. The van der Waals surface area contributed by atoms with E-state index in [4.69, 9.17) is 5.11 Å². The van der Waals surface area contributed by atoms with Crippen molar-refractivity contribution in [2.45, 2.75) is 63.2 Å². The van der Waals surface area contributed by atoms with Gasteiger partial charge in [-0.15, -0.1) is 0 Å². The molecule has 2 N–H and O–H groups in total. The van der Waals surface area contributed by atoms with Crippen LogP contribution in [-0.4, -0.2) is 52.1 Å². The van der Waals surface area contributed by atoms with Gasteiger partial charge in [-0.05, 0) is 44.3 Å². The molecule has 22 heavy (non-hydrogen) atoms. The van der Waals surface area contributed by atoms with E-state index >= 15 is 0 Å². The van der Waals surface area contributed by atoms with Crippen molar-refractivity contribution >= 4 is 23.8 Å². The number of hydrogen-bond donors (Lipinski definition) is 2. The molecule has 5 nitrogen and oxygen atoms in total. The van der Waals surface area contributed by atoms with E-state index in [0.717, 1.165) is 38.1 Å². The fraction of sp³-hybridized carbons (Fsp3) is 0.875. The molecule has 1 saturated heterocycles. The monoisotopic (exact) mass is 328 g/mol. The summed E-state index contributed by atoms with van der Waals surface area (Å²) in [5.41, 5.74) is 0. The van der Waals surface area contributed by atoms with Gasteiger partial charge in [-0.3, -0.25) is 4.79 Å². The minimum absolute atomic E-state index is 0.0439. The molecule has 2 rings (SSSR count). The number of urea groups is 1. The number of carboxylic acid groups (broad SMARTS) is 1. The zero-order valence-corrected chi connectivity index (χ0v) is 14.2. The first kappa shape index (κ1) is 17.4. The summed E-state index contributed by atoms with van der Waals surface area (Å²) >= 11 is 1.95. The fourth-order valence-corrected chi connectivity index (χ4v) is 4.50. The number of thioether (sulfide) groups is 1. The Labute approximate surface area is 137 Å². The summed E-state index contributed by atoms with van der Waals surface area (Å²) in [6.45, 7) is 3.85. The van der Waals surface area contributed by atoms with Gasteiger partial charge in [0, 0.05) is 24.4 Å². The van der Waals surface area contributed by atoms with E-state index < -0.39 is 5.97 Å². The number of nitrogens with zero attached hydrogens (tertiary/aromatic N) is 1. The van der Waals surface area contributed by atoms with Crippen LogP contribution in [0.3, 0.4) is 0 Å². The third kappa shape index (κ3) is 5.07. The molecule has 2 fully saturated rings. The molecule has 1 saturated carbocycles. The molecule has 1 aliphatic carbocycles. The van der Waals surface area contributed by atoms with Gasteiger partial charge >= 0.3 is 12.0 Å². The van der Waals surface area contributed by atoms with Crippen LogP contribution in [-0.2, 0) is 4.79 Å². The van der Waals surface area contributed by atoms with Crippen molar-refractivity contribution in [3.63, 3.8) is 0 Å². The van der Waals surface area contributed by atoms with Gasteiger partial charge in [0.2, 0.25) is 0 Å². The van der Waals surface area contributed by atoms with Crippen molar-refractivity contribution in [3.8, 4) is 0 Å². The summed E-state index contributed by atoms with van der Waals surface area (Å²) in [5.74, 6) is 0.174. The van der Waals surface area contributed by atoms with Gasteiger partial charge in [0.25, 0.3) is 0 Å². The van der Waals surface area contributed by atoms with Gasteiger partial charge in [0.15, 0.2) is 0 Å². The maximum atomic E-state index is 12.5. The van der Waals surface area contributed by atoms with Crippen LogP contribution < -0.4 is 5.32 Å². The maximum absolute atomic E-state index is 12.5. The second kappa shape index (κ2) is 8.65. The normalized spacial score (nSPS) is 29.7. The zero-order valence-electron chi connectivity index (χ0n) is 13.4. The highest BCUT2D eigenvalue weighted by Crippen LogP contribution is 2.25. The first-order valence-electron chi connectivity index (χ1n) is 8.50. The lowest BCUT2D eigenvalue weighted by atomic mass is 9.86. The van der Waals surface area contributed by atoms with Gasteiger partial charge in [-0.25, -0.2) is 4.79 Å². The summed E-state index contributed by atoms with van der Waals surface area (Å²) in [6.07, 6.45) is 6.40. The molecule has 0 aromatic rings. The lowest BCUT2D eigenvalue weighted by Gasteiger charge is -2.30. The van der Waals surface area contributed by atoms with E-state index in [1.807, 2.05) is 16.7 Å². The number of carbonyl (C=O) groups is 2. The Morgan fingerprint density at radius 3 is 2.55 bits per heavy atom. The van der Waals surface area contributed by atoms with Crippen molar-refractivity contribution in [2.75, 3.05) is 18.8 Å². The molecular formula is C16H28N2O3S. The van der Waals surface area contributed by atoms with Crippen LogP contribution in [0.25, 0.3) is 0 Å². The third-order valence-electron chi connectivity index (χ3n) is 4.72. The molecule has 0 spiro atoms. The van der Waals surface area contributed by atoms with Crippen molar-refractivity contribution < 1.29 is 14.7 Å². The van der Waals surface area contributed by atoms with Gasteiger partial charge in [-0.2, -0.15) is 11.8 Å². The van der Waals surface area contributed by atoms with Crippen LogP contribution in [0.1, 0.15) is 51.9 Å². The van der Waals surface area contributed by atoms with Gasteiger partial charge < -0.3 is 15.3 Å². The molecule has 0 aromatic carbocycles. The van der Waals surface area contributed by atoms with Crippen LogP contribution in [0.2, 0.25) is 0 Å². The molecule has 0 aromatic heterocycles. The fourth-order valence-electron chi connectivity index (χ4n) is 3.41. The van der Waals surface area contributed by atoms with Crippen molar-refractivity contribution in [1.82, 2.24) is 10.2 Å². The average molecular weight is 328 g/mol. The van der Waals surface area contributed by atoms with Crippen molar-refractivity contribution in [2.24, 2.45) is 5.92 Å². The Balaban J connectivity index is 1.79. The number of rotatable bonds is 4. The summed E-state index contributed by atoms with van der Waals surface area (Å²) < 4.78 is 0. The molecule has 1 atom stereocenters. The van der Waals surface area contributed by atoms with Crippen molar-refractivity contribution in [1.29, 1.82) is 0 Å². The van der Waals surface area contributed by atoms with E-state index in [-0.39, 0.29) is 18.0 Å². The lowest BCUT2D eigenvalue weighted by Crippen LogP contribution is -2.47. The van der Waals surface area contributed by atoms with Crippen LogP contribution in [0, 0.1) is 5.92 Å². The topological polar surface area (TPSA) is 69.6 Å². The first-order chi connectivity index (χ1) is 10.6. The summed E-state index contributed by atoms with van der Waals surface area (Å²) in [7, 11) is 0. The number of carboxylic acids is 1. The first-order valence-corrected chi connectivity index (χ1v) is 9.54. The van der Waals surface area contributed by atoms with E-state index in [2.05, 4.69) is 12.2 Å². The Morgan fingerprint density at radius 1 is 1.18 bits per heavy atom. The third-order valence-corrected chi connectivity index (χ3v) is 5.91. The quantitative estimate of drug-likeness (QED) is 0.832. The van der Waals surface area contributed by atoms with E-state index in [1.54, 1.807) is 0 Å². The molecule has 6 heteroatoms. The molecular weight excluding hydrogens is 300 g/mol. The van der Waals surface area contributed by atoms with Gasteiger partial charge in [0.1, 0.15) is 0 Å². The largest absolute Gasteiger partial charge is 0.481 e. The number of nitrogens with one attached hydrogen (secondary N) is 1. The van der Waals surface area contributed by atoms with Gasteiger partial charge in [-0.1, -0.05) is 13.3 Å². The highest BCUT2D eigenvalue weighted by atomic mass is 32.2. The number of likely N-dealkylation sites (tertiary alicyclic amines) is 1. The summed E-state index contributed by atoms with van der Waals surface area (Å²) in [4.78, 5) is 25.4. The molecule has 1 unspecified atom stereocenters. The Morgan fingerprint density at radius 2 is 1.91 bits per heavy atom. The summed E-state index contributed by atoms with van der Waals surface area (Å²) in [6, 6.07) is 0.186. The van der Waals surface area contributed by atoms with E-state index in [0.29, 0.717) is 18.1 Å². The molecule has 126 valence electrons. The highest BCUT2D eigenvalue weighted by molar-refractivity contribution is 7.99. The Hall–Kier alpha value is -0.910. The van der Waals surface area contributed by atoms with Crippen LogP contribution in [0.5, 0.6) is 0 Å². The lowest BCUT2D eigenvalue weighted by molar-refractivity contribution is -0.142. The Kier molecular flexibility index (Phi) is 6.86. The second-order valence-corrected chi connectivity index (χ2v) is 7.93. The SMILES string of the molecule is CCSC1CCCCN(C(=O)NC2CCC(C(=O)O)CC2)C1. The predicted octanol–water partition coefficient (Wildman–Crippen LogP) is 2.95. The number of hydrogen-bond acceptors (Lipinski definition) is 3. The maximum Gasteiger partial charge on any atom is 0.317 e. The second-order valence-electron chi connectivity index (χ2n) is 6.36. The standard InChI is InChI=1S/C16H28N2O3S/c1-2-22-14-5-3-4-10-18(11-14)16(21)17-13-8-6-12(7-9-13)15(19)20/h12-14H,2-11H2,1H3,(H,17,21)(H,19,20). The van der Waals surface area contributed by atoms with E-state index in [1.165, 1.54) is 12.8 Å². The van der Waals surface area contributed by atoms with Crippen LogP contribution in [0.15, 0.2) is 0 Å². The summed E-state index contributed by atoms with van der Waals surface area (Å²) in [5, 5.41) is 12.7. The molecule has 1 heterocycles. The van der Waals surface area contributed by atoms with Gasteiger partial charge in [0.05, 0.1) is 5.92 Å². The number of amides is 2. The zero-order chi connectivity index (χ0) is 15.9. The molecule has 0 radical (unpaired) electrons. The predicted molar refractivity (Wildman–Crippen MR) is 89.3 cm³/mol. The molecule has 0 bridgehead atoms. The minimum Gasteiger partial charge on any atom is -0.481 e. The smallest absolute Gasteiger partial charge is 0.317 e.